The molecule has 1 saturated carbocycles. The Labute approximate surface area is 215 Å². The third-order valence-electron chi connectivity index (χ3n) is 6.78. The Balaban J connectivity index is 1.60. The molecule has 0 saturated heterocycles. The number of carbonyl (C=O) groups excluding carboxylic acids is 2. The van der Waals surface area contributed by atoms with Crippen molar-refractivity contribution in [2.45, 2.75) is 51.2 Å². The molecular formula is C31H29NO5. The maximum Gasteiger partial charge on any atom is 0.408 e. The van der Waals surface area contributed by atoms with Gasteiger partial charge in [0.15, 0.2) is 6.29 Å². The van der Waals surface area contributed by atoms with Crippen molar-refractivity contribution < 1.29 is 18.7 Å². The second-order valence-corrected chi connectivity index (χ2v) is 10.5. The predicted molar refractivity (Wildman–Crippen MR) is 144 cm³/mol. The topological polar surface area (TPSA) is 85.6 Å². The Morgan fingerprint density at radius 1 is 0.946 bits per heavy atom. The maximum absolute atomic E-state index is 13.8. The van der Waals surface area contributed by atoms with Gasteiger partial charge in [-0.3, -0.25) is 9.59 Å². The Hall–Kier alpha value is -4.19. The lowest BCUT2D eigenvalue weighted by Gasteiger charge is -2.43. The standard InChI is InChI=1S/C31H29NO5/c1-30(2,3)37-29(35)32-31(17-8-18-31)23-15-13-20(14-16-23)25-26(34)24-12-7-11-22(19-33)27(24)36-28(25)21-9-5-4-6-10-21/h4-7,9-16,19H,8,17-18H2,1-3H3,(H,32,35). The lowest BCUT2D eigenvalue weighted by molar-refractivity contribution is 0.0377. The van der Waals surface area contributed by atoms with Crippen LogP contribution in [0, 0.1) is 0 Å². The number of para-hydroxylation sites is 1. The fraction of sp³-hybridized carbons (Fsp3) is 0.258. The normalized spacial score (nSPS) is 14.6. The summed E-state index contributed by atoms with van der Waals surface area (Å²) in [4.78, 5) is 38.0. The van der Waals surface area contributed by atoms with Crippen molar-refractivity contribution in [3.05, 3.63) is 94.1 Å². The van der Waals surface area contributed by atoms with E-state index in [4.69, 9.17) is 9.15 Å². The van der Waals surface area contributed by atoms with Crippen molar-refractivity contribution in [1.29, 1.82) is 0 Å². The fourth-order valence-corrected chi connectivity index (χ4v) is 4.86. The molecule has 1 heterocycles. The molecular weight excluding hydrogens is 466 g/mol. The number of aldehydes is 1. The number of carbonyl (C=O) groups is 2. The number of rotatable bonds is 5. The zero-order valence-electron chi connectivity index (χ0n) is 21.2. The van der Waals surface area contributed by atoms with Crippen LogP contribution >= 0.6 is 0 Å². The molecule has 0 bridgehead atoms. The van der Waals surface area contributed by atoms with Crippen LogP contribution in [0.15, 0.2) is 82.0 Å². The number of hydrogen-bond acceptors (Lipinski definition) is 5. The highest BCUT2D eigenvalue weighted by atomic mass is 16.6. The molecule has 6 nitrogen and oxygen atoms in total. The average Bonchev–Trinajstić information content (AvgIpc) is 2.85. The minimum absolute atomic E-state index is 0.207. The van der Waals surface area contributed by atoms with Gasteiger partial charge in [0.2, 0.25) is 5.43 Å². The van der Waals surface area contributed by atoms with E-state index < -0.39 is 17.2 Å². The summed E-state index contributed by atoms with van der Waals surface area (Å²) in [7, 11) is 0. The summed E-state index contributed by atoms with van der Waals surface area (Å²) in [6, 6.07) is 22.1. The Morgan fingerprint density at radius 3 is 2.24 bits per heavy atom. The number of alkyl carbamates (subject to hydrolysis) is 1. The third-order valence-corrected chi connectivity index (χ3v) is 6.78. The van der Waals surface area contributed by atoms with Gasteiger partial charge in [-0.05, 0) is 63.3 Å². The quantitative estimate of drug-likeness (QED) is 0.306. The second kappa shape index (κ2) is 9.36. The summed E-state index contributed by atoms with van der Waals surface area (Å²) in [5.74, 6) is 0.408. The first kappa shape index (κ1) is 24.5. The van der Waals surface area contributed by atoms with Crippen LogP contribution in [-0.2, 0) is 10.3 Å². The smallest absolute Gasteiger partial charge is 0.408 e. The van der Waals surface area contributed by atoms with Crippen molar-refractivity contribution in [2.75, 3.05) is 0 Å². The molecule has 1 fully saturated rings. The summed E-state index contributed by atoms with van der Waals surface area (Å²) in [6.07, 6.45) is 2.89. The van der Waals surface area contributed by atoms with E-state index in [0.717, 1.165) is 30.4 Å². The number of hydrogen-bond donors (Lipinski definition) is 1. The molecule has 3 aromatic carbocycles. The van der Waals surface area contributed by atoms with Crippen LogP contribution in [0.5, 0.6) is 0 Å². The van der Waals surface area contributed by atoms with Crippen LogP contribution in [0.2, 0.25) is 0 Å². The molecule has 0 unspecified atom stereocenters. The van der Waals surface area contributed by atoms with E-state index in [2.05, 4.69) is 5.32 Å². The van der Waals surface area contributed by atoms with Gasteiger partial charge < -0.3 is 14.5 Å². The monoisotopic (exact) mass is 495 g/mol. The van der Waals surface area contributed by atoms with E-state index in [0.29, 0.717) is 34.1 Å². The van der Waals surface area contributed by atoms with Crippen LogP contribution in [0.4, 0.5) is 4.79 Å². The van der Waals surface area contributed by atoms with E-state index in [1.54, 1.807) is 18.2 Å². The summed E-state index contributed by atoms with van der Waals surface area (Å²) < 4.78 is 11.8. The zero-order chi connectivity index (χ0) is 26.2. The zero-order valence-corrected chi connectivity index (χ0v) is 21.2. The molecule has 1 aliphatic carbocycles. The van der Waals surface area contributed by atoms with Crippen molar-refractivity contribution in [2.24, 2.45) is 0 Å². The van der Waals surface area contributed by atoms with Crippen LogP contribution in [-0.4, -0.2) is 18.0 Å². The highest BCUT2D eigenvalue weighted by Crippen LogP contribution is 2.42. The molecule has 37 heavy (non-hydrogen) atoms. The van der Waals surface area contributed by atoms with Crippen molar-refractivity contribution in [3.63, 3.8) is 0 Å². The number of benzene rings is 3. The molecule has 0 atom stereocenters. The molecule has 0 spiro atoms. The van der Waals surface area contributed by atoms with E-state index in [1.165, 1.54) is 0 Å². The van der Waals surface area contributed by atoms with Crippen LogP contribution < -0.4 is 10.7 Å². The van der Waals surface area contributed by atoms with Crippen LogP contribution in [0.1, 0.15) is 56.0 Å². The second-order valence-electron chi connectivity index (χ2n) is 10.5. The predicted octanol–water partition coefficient (Wildman–Crippen LogP) is 6.84. The molecule has 188 valence electrons. The molecule has 1 aromatic heterocycles. The summed E-state index contributed by atoms with van der Waals surface area (Å²) in [5, 5.41) is 3.43. The summed E-state index contributed by atoms with van der Waals surface area (Å²) >= 11 is 0. The van der Waals surface area contributed by atoms with Gasteiger partial charge in [0.1, 0.15) is 16.9 Å². The van der Waals surface area contributed by atoms with E-state index >= 15 is 0 Å². The number of fused-ring (bicyclic) bond motifs is 1. The molecule has 1 aliphatic rings. The SMILES string of the molecule is CC(C)(C)OC(=O)NC1(c2ccc(-c3c(-c4ccccc4)oc4c(C=O)cccc4c3=O)cc2)CCC1. The first-order chi connectivity index (χ1) is 17.7. The highest BCUT2D eigenvalue weighted by Gasteiger charge is 2.41. The molecule has 1 N–H and O–H groups in total. The fourth-order valence-electron chi connectivity index (χ4n) is 4.86. The third kappa shape index (κ3) is 4.67. The van der Waals surface area contributed by atoms with Crippen molar-refractivity contribution >= 4 is 23.3 Å². The van der Waals surface area contributed by atoms with Gasteiger partial charge in [0.25, 0.3) is 0 Å². The van der Waals surface area contributed by atoms with Crippen molar-refractivity contribution in [1.82, 2.24) is 5.32 Å². The Morgan fingerprint density at radius 2 is 1.65 bits per heavy atom. The minimum atomic E-state index is -0.583. The van der Waals surface area contributed by atoms with E-state index in [1.807, 2.05) is 75.4 Å². The number of nitrogens with one attached hydrogen (secondary N) is 1. The van der Waals surface area contributed by atoms with Gasteiger partial charge >= 0.3 is 6.09 Å². The molecule has 1 amide bonds. The van der Waals surface area contributed by atoms with Crippen LogP contribution in [0.25, 0.3) is 33.4 Å². The molecule has 0 aliphatic heterocycles. The first-order valence-electron chi connectivity index (χ1n) is 12.4. The highest BCUT2D eigenvalue weighted by molar-refractivity contribution is 5.97. The van der Waals surface area contributed by atoms with Crippen molar-refractivity contribution in [3.8, 4) is 22.5 Å². The Kier molecular flexibility index (Phi) is 6.20. The van der Waals surface area contributed by atoms with E-state index in [9.17, 15) is 14.4 Å². The van der Waals surface area contributed by atoms with Gasteiger partial charge in [0.05, 0.1) is 22.1 Å². The summed E-state index contributed by atoms with van der Waals surface area (Å²) in [5.41, 5.74) is 2.15. The van der Waals surface area contributed by atoms with Gasteiger partial charge in [-0.15, -0.1) is 0 Å². The number of amides is 1. The summed E-state index contributed by atoms with van der Waals surface area (Å²) in [6.45, 7) is 5.52. The lowest BCUT2D eigenvalue weighted by atomic mass is 9.71. The maximum atomic E-state index is 13.8. The number of ether oxygens (including phenoxy) is 1. The molecule has 5 rings (SSSR count). The van der Waals surface area contributed by atoms with Gasteiger partial charge in [-0.25, -0.2) is 4.79 Å². The minimum Gasteiger partial charge on any atom is -0.454 e. The van der Waals surface area contributed by atoms with E-state index in [-0.39, 0.29) is 11.0 Å². The average molecular weight is 496 g/mol. The molecule has 0 radical (unpaired) electrons. The largest absolute Gasteiger partial charge is 0.454 e. The van der Waals surface area contributed by atoms with Gasteiger partial charge in [0, 0.05) is 5.56 Å². The Bertz CT molecular complexity index is 1520. The lowest BCUT2D eigenvalue weighted by Crippen LogP contribution is -2.52. The van der Waals surface area contributed by atoms with Gasteiger partial charge in [-0.1, -0.05) is 60.7 Å². The first-order valence-corrected chi connectivity index (χ1v) is 12.4. The molecule has 6 heteroatoms. The van der Waals surface area contributed by atoms with Gasteiger partial charge in [-0.2, -0.15) is 0 Å². The molecule has 4 aromatic rings. The van der Waals surface area contributed by atoms with Crippen LogP contribution in [0.3, 0.4) is 0 Å².